The van der Waals surface area contributed by atoms with E-state index in [2.05, 4.69) is 22.2 Å². The topological polar surface area (TPSA) is 64.4 Å². The third kappa shape index (κ3) is 5.02. The molecule has 0 aliphatic heterocycles. The van der Waals surface area contributed by atoms with Gasteiger partial charge in [-0.2, -0.15) is 14.9 Å². The van der Waals surface area contributed by atoms with Crippen LogP contribution in [0.4, 0.5) is 4.39 Å². The molecule has 6 nitrogen and oxygen atoms in total. The summed E-state index contributed by atoms with van der Waals surface area (Å²) < 4.78 is 27.1. The quantitative estimate of drug-likeness (QED) is 0.393. The van der Waals surface area contributed by atoms with Gasteiger partial charge in [-0.15, -0.1) is 0 Å². The van der Waals surface area contributed by atoms with Gasteiger partial charge in [0.2, 0.25) is 4.77 Å². The molecule has 0 amide bonds. The fourth-order valence-corrected chi connectivity index (χ4v) is 3.07. The Morgan fingerprint density at radius 3 is 2.86 bits per heavy atom. The Morgan fingerprint density at radius 2 is 2.14 bits per heavy atom. The van der Waals surface area contributed by atoms with Gasteiger partial charge in [-0.25, -0.2) is 4.39 Å². The maximum Gasteiger partial charge on any atom is 0.216 e. The van der Waals surface area contributed by atoms with Crippen molar-refractivity contribution in [3.8, 4) is 11.5 Å². The number of hydrogen-bond acceptors (Lipinski definition) is 5. The van der Waals surface area contributed by atoms with E-state index in [1.54, 1.807) is 35.2 Å². The minimum Gasteiger partial charge on any atom is -0.493 e. The van der Waals surface area contributed by atoms with Gasteiger partial charge in [0.05, 0.1) is 18.3 Å². The van der Waals surface area contributed by atoms with Crippen molar-refractivity contribution < 1.29 is 13.9 Å². The number of ether oxygens (including phenoxy) is 2. The van der Waals surface area contributed by atoms with Crippen LogP contribution >= 0.6 is 23.8 Å². The summed E-state index contributed by atoms with van der Waals surface area (Å²) in [5.74, 6) is 1.31. The lowest BCUT2D eigenvalue weighted by molar-refractivity contribution is 0.280. The number of rotatable bonds is 8. The second-order valence-corrected chi connectivity index (χ2v) is 6.94. The number of aryl methyl sites for hydroxylation is 1. The van der Waals surface area contributed by atoms with E-state index >= 15 is 0 Å². The largest absolute Gasteiger partial charge is 0.493 e. The average molecular weight is 435 g/mol. The van der Waals surface area contributed by atoms with Gasteiger partial charge in [-0.05, 0) is 54.5 Å². The fraction of sp³-hybridized carbons (Fsp3) is 0.250. The lowest BCUT2D eigenvalue weighted by atomic mass is 10.2. The Balaban J connectivity index is 1.79. The zero-order chi connectivity index (χ0) is 20.8. The van der Waals surface area contributed by atoms with Crippen molar-refractivity contribution in [3.05, 3.63) is 69.0 Å². The molecule has 2 aromatic carbocycles. The molecule has 1 aromatic heterocycles. The number of halogens is 2. The first-order valence-corrected chi connectivity index (χ1v) is 9.76. The summed E-state index contributed by atoms with van der Waals surface area (Å²) in [5, 5.41) is 11.6. The summed E-state index contributed by atoms with van der Waals surface area (Å²) >= 11 is 11.3. The molecule has 0 aliphatic rings. The molecule has 0 unspecified atom stereocenters. The molecular formula is C20H20ClFN4O2S. The summed E-state index contributed by atoms with van der Waals surface area (Å²) in [7, 11) is 1.53. The molecule has 9 heteroatoms. The number of nitrogens with zero attached hydrogens (tertiary/aromatic N) is 3. The Bertz CT molecular complexity index is 1060. The van der Waals surface area contributed by atoms with Gasteiger partial charge < -0.3 is 9.47 Å². The first-order chi connectivity index (χ1) is 14.0. The van der Waals surface area contributed by atoms with Crippen LogP contribution in [-0.4, -0.2) is 28.2 Å². The summed E-state index contributed by atoms with van der Waals surface area (Å²) in [4.78, 5) is 0. The van der Waals surface area contributed by atoms with Crippen molar-refractivity contribution in [1.29, 1.82) is 0 Å². The van der Waals surface area contributed by atoms with Crippen LogP contribution in [0.2, 0.25) is 5.02 Å². The van der Waals surface area contributed by atoms with Crippen LogP contribution in [-0.2, 0) is 13.0 Å². The van der Waals surface area contributed by atoms with Crippen LogP contribution in [0.3, 0.4) is 0 Å². The minimum absolute atomic E-state index is 0.0140. The van der Waals surface area contributed by atoms with Crippen molar-refractivity contribution in [3.63, 3.8) is 0 Å². The second-order valence-electron chi connectivity index (χ2n) is 6.15. The van der Waals surface area contributed by atoms with E-state index in [0.29, 0.717) is 26.9 Å². The SMILES string of the molecule is CCCc1n[nH]c(=S)n1/N=C/c1ccc(OCc2c(F)cccc2Cl)c(OC)c1. The molecule has 0 saturated heterocycles. The zero-order valence-corrected chi connectivity index (χ0v) is 17.6. The Hall–Kier alpha value is -2.71. The number of hydrogen-bond donors (Lipinski definition) is 1. The van der Waals surface area contributed by atoms with E-state index in [1.807, 2.05) is 6.07 Å². The lowest BCUT2D eigenvalue weighted by Crippen LogP contribution is -2.02. The monoisotopic (exact) mass is 434 g/mol. The number of methoxy groups -OCH3 is 1. The van der Waals surface area contributed by atoms with Gasteiger partial charge in [0.25, 0.3) is 0 Å². The van der Waals surface area contributed by atoms with Crippen molar-refractivity contribution in [2.75, 3.05) is 7.11 Å². The molecule has 0 saturated carbocycles. The number of benzene rings is 2. The fourth-order valence-electron chi connectivity index (χ4n) is 2.66. The van der Waals surface area contributed by atoms with E-state index in [1.165, 1.54) is 13.2 Å². The smallest absolute Gasteiger partial charge is 0.216 e. The molecule has 29 heavy (non-hydrogen) atoms. The summed E-state index contributed by atoms with van der Waals surface area (Å²) in [6, 6.07) is 9.83. The van der Waals surface area contributed by atoms with E-state index in [0.717, 1.165) is 24.2 Å². The lowest BCUT2D eigenvalue weighted by Gasteiger charge is -2.12. The number of H-pyrrole nitrogens is 1. The van der Waals surface area contributed by atoms with Crippen LogP contribution < -0.4 is 9.47 Å². The summed E-state index contributed by atoms with van der Waals surface area (Å²) in [6.45, 7) is 2.05. The van der Waals surface area contributed by atoms with Gasteiger partial charge in [-0.1, -0.05) is 24.6 Å². The van der Waals surface area contributed by atoms with E-state index in [-0.39, 0.29) is 6.61 Å². The first kappa shape index (κ1) is 21.0. The predicted molar refractivity (Wildman–Crippen MR) is 113 cm³/mol. The van der Waals surface area contributed by atoms with Crippen LogP contribution in [0.5, 0.6) is 11.5 Å². The highest BCUT2D eigenvalue weighted by atomic mass is 35.5. The molecule has 3 aromatic rings. The van der Waals surface area contributed by atoms with Crippen LogP contribution in [0, 0.1) is 10.6 Å². The Morgan fingerprint density at radius 1 is 1.31 bits per heavy atom. The van der Waals surface area contributed by atoms with Crippen molar-refractivity contribution in [2.45, 2.75) is 26.4 Å². The summed E-state index contributed by atoms with van der Waals surface area (Å²) in [6.07, 6.45) is 3.35. The normalized spacial score (nSPS) is 11.2. The van der Waals surface area contributed by atoms with Gasteiger partial charge in [0, 0.05) is 12.0 Å². The van der Waals surface area contributed by atoms with Crippen LogP contribution in [0.25, 0.3) is 0 Å². The zero-order valence-electron chi connectivity index (χ0n) is 16.0. The van der Waals surface area contributed by atoms with Gasteiger partial charge in [0.15, 0.2) is 17.3 Å². The molecule has 1 heterocycles. The standard InChI is InChI=1S/C20H20ClFN4O2S/c1-3-5-19-24-25-20(29)26(19)23-11-13-8-9-17(18(10-13)27-2)28-12-14-15(21)6-4-7-16(14)22/h4,6-11H,3,5,12H2,1-2H3,(H,25,29)/b23-11+. The van der Waals surface area contributed by atoms with Crippen LogP contribution in [0.1, 0.15) is 30.3 Å². The first-order valence-electron chi connectivity index (χ1n) is 8.97. The third-order valence-corrected chi connectivity index (χ3v) is 4.75. The van der Waals surface area contributed by atoms with Gasteiger partial charge >= 0.3 is 0 Å². The second kappa shape index (κ2) is 9.67. The Kier molecular flexibility index (Phi) is 7.00. The molecule has 3 rings (SSSR count). The van der Waals surface area contributed by atoms with Crippen molar-refractivity contribution in [1.82, 2.24) is 14.9 Å². The number of nitrogens with one attached hydrogen (secondary N) is 1. The van der Waals surface area contributed by atoms with Gasteiger partial charge in [-0.3, -0.25) is 5.10 Å². The minimum atomic E-state index is -0.417. The van der Waals surface area contributed by atoms with Crippen molar-refractivity contribution >= 4 is 30.0 Å². The highest BCUT2D eigenvalue weighted by Crippen LogP contribution is 2.29. The van der Waals surface area contributed by atoms with E-state index < -0.39 is 5.82 Å². The molecular weight excluding hydrogens is 415 g/mol. The molecule has 0 bridgehead atoms. The highest BCUT2D eigenvalue weighted by molar-refractivity contribution is 7.71. The molecule has 0 atom stereocenters. The van der Waals surface area contributed by atoms with Crippen molar-refractivity contribution in [2.24, 2.45) is 5.10 Å². The molecule has 0 radical (unpaired) electrons. The maximum atomic E-state index is 13.9. The van der Waals surface area contributed by atoms with Crippen LogP contribution in [0.15, 0.2) is 41.5 Å². The predicted octanol–water partition coefficient (Wildman–Crippen LogP) is 5.16. The van der Waals surface area contributed by atoms with E-state index in [4.69, 9.17) is 33.3 Å². The maximum absolute atomic E-state index is 13.9. The molecule has 0 aliphatic carbocycles. The number of aromatic nitrogens is 3. The van der Waals surface area contributed by atoms with Gasteiger partial charge in [0.1, 0.15) is 12.4 Å². The molecule has 1 N–H and O–H groups in total. The third-order valence-electron chi connectivity index (χ3n) is 4.13. The van der Waals surface area contributed by atoms with E-state index in [9.17, 15) is 4.39 Å². The molecule has 0 spiro atoms. The summed E-state index contributed by atoms with van der Waals surface area (Å²) in [5.41, 5.74) is 1.07. The highest BCUT2D eigenvalue weighted by Gasteiger charge is 2.11. The number of aromatic amines is 1. The Labute approximate surface area is 177 Å². The average Bonchev–Trinajstić information content (AvgIpc) is 3.06. The molecule has 0 fully saturated rings. The molecule has 152 valence electrons.